The smallest absolute Gasteiger partial charge is 0.155 e. The Hall–Kier alpha value is -1.44. The van der Waals surface area contributed by atoms with Gasteiger partial charge >= 0.3 is 0 Å². The van der Waals surface area contributed by atoms with Gasteiger partial charge in [-0.25, -0.2) is 4.39 Å². The molecule has 0 spiro atoms. The lowest BCUT2D eigenvalue weighted by molar-refractivity contribution is -0.114. The minimum atomic E-state index is -0.157. The number of halogens is 1. The summed E-state index contributed by atoms with van der Waals surface area (Å²) in [6, 6.07) is 5.28. The van der Waals surface area contributed by atoms with Gasteiger partial charge in [0, 0.05) is 6.42 Å². The quantitative estimate of drug-likeness (QED) is 0.418. The van der Waals surface area contributed by atoms with Crippen LogP contribution in [0, 0.1) is 11.7 Å². The molecule has 0 aromatic heterocycles. The van der Waals surface area contributed by atoms with Gasteiger partial charge in [0.05, 0.1) is 0 Å². The Kier molecular flexibility index (Phi) is 15.3. The Morgan fingerprint density at radius 3 is 2.08 bits per heavy atom. The molecular formula is C23H39FO. The second kappa shape index (κ2) is 14.9. The maximum absolute atomic E-state index is 13.8. The van der Waals surface area contributed by atoms with Crippen LogP contribution in [0.15, 0.2) is 24.3 Å². The van der Waals surface area contributed by atoms with Crippen molar-refractivity contribution in [2.75, 3.05) is 0 Å². The van der Waals surface area contributed by atoms with Crippen LogP contribution in [0.3, 0.4) is 0 Å². The van der Waals surface area contributed by atoms with E-state index in [1.165, 1.54) is 6.07 Å². The first-order valence-corrected chi connectivity index (χ1v) is 9.60. The van der Waals surface area contributed by atoms with Crippen LogP contribution in [0.5, 0.6) is 0 Å². The van der Waals surface area contributed by atoms with Gasteiger partial charge < -0.3 is 0 Å². The number of carbonyl (C=O) groups excluding carboxylic acids is 1. The fourth-order valence-electron chi connectivity index (χ4n) is 2.89. The van der Waals surface area contributed by atoms with Crippen molar-refractivity contribution in [1.29, 1.82) is 0 Å². The molecule has 0 radical (unpaired) electrons. The zero-order valence-corrected chi connectivity index (χ0v) is 16.4. The number of hydrogen-bond acceptors (Lipinski definition) is 1. The first kappa shape index (κ1) is 25.8. The van der Waals surface area contributed by atoms with Crippen molar-refractivity contribution in [2.45, 2.75) is 87.5 Å². The van der Waals surface area contributed by atoms with Gasteiger partial charge in [-0.2, -0.15) is 0 Å². The van der Waals surface area contributed by atoms with Gasteiger partial charge in [0.2, 0.25) is 0 Å². The average molecular weight is 351 g/mol. The Morgan fingerprint density at radius 2 is 1.64 bits per heavy atom. The molecule has 0 amide bonds. The highest BCUT2D eigenvalue weighted by atomic mass is 19.1. The molecule has 0 fully saturated rings. The van der Waals surface area contributed by atoms with Crippen molar-refractivity contribution in [3.8, 4) is 0 Å². The molecule has 25 heavy (non-hydrogen) atoms. The first-order chi connectivity index (χ1) is 11.6. The Morgan fingerprint density at radius 1 is 1.08 bits per heavy atom. The Labute approximate surface area is 155 Å². The lowest BCUT2D eigenvalue weighted by Crippen LogP contribution is -2.07. The highest BCUT2D eigenvalue weighted by Crippen LogP contribution is 2.32. The van der Waals surface area contributed by atoms with E-state index in [4.69, 9.17) is 0 Å². The molecule has 1 aromatic rings. The molecule has 0 heterocycles. The summed E-state index contributed by atoms with van der Waals surface area (Å²) in [5, 5.41) is 0. The number of allylic oxidation sites excluding steroid dienone is 2. The average Bonchev–Trinajstić information content (AvgIpc) is 2.61. The third-order valence-corrected chi connectivity index (χ3v) is 4.14. The molecule has 0 saturated carbocycles. The zero-order chi connectivity index (χ0) is 18.5. The number of benzene rings is 1. The molecule has 0 aliphatic carbocycles. The van der Waals surface area contributed by atoms with Crippen molar-refractivity contribution >= 4 is 11.4 Å². The minimum Gasteiger partial charge on any atom is -0.295 e. The summed E-state index contributed by atoms with van der Waals surface area (Å²) in [7, 11) is 0. The van der Waals surface area contributed by atoms with Gasteiger partial charge in [-0.1, -0.05) is 67.9 Å². The molecule has 0 bridgehead atoms. The normalized spacial score (nSPS) is 10.8. The standard InChI is InChI=1S/C20H29FO.C2H6.CH4/c1-5-9-16(10-6-2)19(14-18(22)8-4)17-11-12-20(21)15(7-3)13-17;1-2;/h11-14,16H,5-10H2,1-4H3;1-2H3;1H4/b19-14+;;. The highest BCUT2D eigenvalue weighted by molar-refractivity contribution is 5.97. The molecule has 0 N–H and O–H groups in total. The lowest BCUT2D eigenvalue weighted by atomic mass is 9.84. The van der Waals surface area contributed by atoms with Crippen LogP contribution in [0.4, 0.5) is 4.39 Å². The van der Waals surface area contributed by atoms with Crippen LogP contribution in [0.25, 0.3) is 5.57 Å². The van der Waals surface area contributed by atoms with E-state index < -0.39 is 0 Å². The van der Waals surface area contributed by atoms with Gasteiger partial charge in [0.15, 0.2) is 5.78 Å². The molecule has 0 aliphatic rings. The summed E-state index contributed by atoms with van der Waals surface area (Å²) in [6.45, 7) is 12.2. The molecule has 2 heteroatoms. The van der Waals surface area contributed by atoms with Crippen LogP contribution < -0.4 is 0 Å². The van der Waals surface area contributed by atoms with E-state index in [1.807, 2.05) is 39.8 Å². The van der Waals surface area contributed by atoms with Gasteiger partial charge in [0.1, 0.15) is 5.82 Å². The third kappa shape index (κ3) is 8.47. The van der Waals surface area contributed by atoms with Crippen molar-refractivity contribution in [2.24, 2.45) is 5.92 Å². The van der Waals surface area contributed by atoms with Crippen molar-refractivity contribution in [1.82, 2.24) is 0 Å². The highest BCUT2D eigenvalue weighted by Gasteiger charge is 2.17. The van der Waals surface area contributed by atoms with E-state index in [9.17, 15) is 9.18 Å². The predicted molar refractivity (Wildman–Crippen MR) is 110 cm³/mol. The fraction of sp³-hybridized carbons (Fsp3) is 0.609. The number of rotatable bonds is 9. The van der Waals surface area contributed by atoms with Crippen LogP contribution in [-0.4, -0.2) is 5.78 Å². The predicted octanol–water partition coefficient (Wildman–Crippen LogP) is 7.63. The van der Waals surface area contributed by atoms with Crippen molar-refractivity contribution in [3.05, 3.63) is 41.2 Å². The molecule has 0 saturated heterocycles. The van der Waals surface area contributed by atoms with Gasteiger partial charge in [0.25, 0.3) is 0 Å². The van der Waals surface area contributed by atoms with Crippen LogP contribution in [-0.2, 0) is 11.2 Å². The number of carbonyl (C=O) groups is 1. The molecule has 1 aromatic carbocycles. The Balaban J connectivity index is 0. The Bertz CT molecular complexity index is 511. The maximum Gasteiger partial charge on any atom is 0.155 e. The molecule has 1 rings (SSSR count). The lowest BCUT2D eigenvalue weighted by Gasteiger charge is -2.20. The molecular weight excluding hydrogens is 311 g/mol. The van der Waals surface area contributed by atoms with E-state index in [2.05, 4.69) is 13.8 Å². The van der Waals surface area contributed by atoms with Gasteiger partial charge in [-0.3, -0.25) is 4.79 Å². The van der Waals surface area contributed by atoms with Crippen molar-refractivity contribution in [3.63, 3.8) is 0 Å². The summed E-state index contributed by atoms with van der Waals surface area (Å²) in [5.74, 6) is 0.366. The summed E-state index contributed by atoms with van der Waals surface area (Å²) in [4.78, 5) is 12.0. The van der Waals surface area contributed by atoms with E-state index in [1.54, 1.807) is 6.08 Å². The minimum absolute atomic E-state index is 0. The summed E-state index contributed by atoms with van der Waals surface area (Å²) in [5.41, 5.74) is 2.82. The number of aryl methyl sites for hydroxylation is 1. The largest absolute Gasteiger partial charge is 0.295 e. The van der Waals surface area contributed by atoms with E-state index in [0.29, 0.717) is 18.8 Å². The number of hydrogen-bond donors (Lipinski definition) is 0. The summed E-state index contributed by atoms with van der Waals surface area (Å²) >= 11 is 0. The van der Waals surface area contributed by atoms with Crippen LogP contribution >= 0.6 is 0 Å². The summed E-state index contributed by atoms with van der Waals surface area (Å²) in [6.07, 6.45) is 7.28. The monoisotopic (exact) mass is 350 g/mol. The fourth-order valence-corrected chi connectivity index (χ4v) is 2.89. The van der Waals surface area contributed by atoms with Crippen LogP contribution in [0.1, 0.15) is 92.2 Å². The SMILES string of the molecule is C.CC.CCCC(CCC)/C(=C\C(=O)CC)c1ccc(F)c(CC)c1. The van der Waals surface area contributed by atoms with E-state index >= 15 is 0 Å². The molecule has 0 atom stereocenters. The van der Waals surface area contributed by atoms with E-state index in [0.717, 1.165) is 42.4 Å². The second-order valence-electron chi connectivity index (χ2n) is 5.85. The maximum atomic E-state index is 13.8. The first-order valence-electron chi connectivity index (χ1n) is 9.60. The topological polar surface area (TPSA) is 17.1 Å². The van der Waals surface area contributed by atoms with Crippen LogP contribution in [0.2, 0.25) is 0 Å². The molecule has 0 unspecified atom stereocenters. The second-order valence-corrected chi connectivity index (χ2v) is 5.85. The third-order valence-electron chi connectivity index (χ3n) is 4.14. The van der Waals surface area contributed by atoms with E-state index in [-0.39, 0.29) is 19.0 Å². The van der Waals surface area contributed by atoms with Crippen molar-refractivity contribution < 1.29 is 9.18 Å². The van der Waals surface area contributed by atoms with Gasteiger partial charge in [-0.15, -0.1) is 0 Å². The molecule has 1 nitrogen and oxygen atoms in total. The molecule has 0 aliphatic heterocycles. The number of ketones is 1. The zero-order valence-electron chi connectivity index (χ0n) is 16.4. The summed E-state index contributed by atoms with van der Waals surface area (Å²) < 4.78 is 13.8. The van der Waals surface area contributed by atoms with Gasteiger partial charge in [-0.05, 0) is 60.1 Å². The molecule has 144 valence electrons.